The highest BCUT2D eigenvalue weighted by atomic mass is 19.1. The average Bonchev–Trinajstić information content (AvgIpc) is 2.15. The topological polar surface area (TPSA) is 43.1 Å². The quantitative estimate of drug-likeness (QED) is 0.694. The first-order chi connectivity index (χ1) is 6.70. The maximum Gasteiger partial charge on any atom is 0.439 e. The molecule has 0 unspecified atom stereocenters. The van der Waals surface area contributed by atoms with Gasteiger partial charge in [0.25, 0.3) is 0 Å². The predicted octanol–water partition coefficient (Wildman–Crippen LogP) is 1.89. The Kier molecular flexibility index (Phi) is 2.04. The van der Waals surface area contributed by atoms with Crippen LogP contribution in [0.25, 0.3) is 11.0 Å². The van der Waals surface area contributed by atoms with Gasteiger partial charge in [-0.1, -0.05) is 6.92 Å². The third kappa shape index (κ3) is 1.39. The molecule has 3 nitrogen and oxygen atoms in total. The Bertz CT molecular complexity index is 533. The number of hydrogen-bond acceptors (Lipinski definition) is 3. The van der Waals surface area contributed by atoms with Crippen LogP contribution in [0, 0.1) is 5.82 Å². The Hall–Kier alpha value is -1.71. The lowest BCUT2D eigenvalue weighted by molar-refractivity contribution is 0.522. The molecule has 0 aliphatic carbocycles. The van der Waals surface area contributed by atoms with Gasteiger partial charge in [0.15, 0.2) is 0 Å². The van der Waals surface area contributed by atoms with Gasteiger partial charge in [-0.3, -0.25) is 0 Å². The summed E-state index contributed by atoms with van der Waals surface area (Å²) >= 11 is 0. The van der Waals surface area contributed by atoms with Crippen molar-refractivity contribution in [2.45, 2.75) is 13.3 Å². The van der Waals surface area contributed by atoms with Gasteiger partial charge in [-0.2, -0.15) is 4.98 Å². The van der Waals surface area contributed by atoms with Crippen LogP contribution < -0.4 is 5.76 Å². The van der Waals surface area contributed by atoms with E-state index in [9.17, 15) is 9.18 Å². The summed E-state index contributed by atoms with van der Waals surface area (Å²) in [5.74, 6) is -1.10. The number of halogens is 1. The number of aromatic nitrogens is 1. The van der Waals surface area contributed by atoms with E-state index in [1.165, 1.54) is 12.1 Å². The second-order valence-electron chi connectivity index (χ2n) is 2.92. The van der Waals surface area contributed by atoms with Gasteiger partial charge in [0.2, 0.25) is 0 Å². The van der Waals surface area contributed by atoms with E-state index in [1.54, 1.807) is 6.07 Å². The minimum Gasteiger partial charge on any atom is -0.408 e. The normalized spacial score (nSPS) is 10.7. The largest absolute Gasteiger partial charge is 0.439 e. The predicted molar refractivity (Wildman–Crippen MR) is 49.6 cm³/mol. The molecule has 0 saturated heterocycles. The van der Waals surface area contributed by atoms with Crippen molar-refractivity contribution in [3.63, 3.8) is 0 Å². The summed E-state index contributed by atoms with van der Waals surface area (Å²) in [5.41, 5.74) is 0.887. The third-order valence-electron chi connectivity index (χ3n) is 2.01. The maximum atomic E-state index is 12.8. The summed E-state index contributed by atoms with van der Waals surface area (Å²) < 4.78 is 17.6. The molecule has 0 aliphatic rings. The number of aryl methyl sites for hydroxylation is 1. The van der Waals surface area contributed by atoms with Crippen molar-refractivity contribution >= 4 is 11.0 Å². The van der Waals surface area contributed by atoms with E-state index < -0.39 is 11.6 Å². The van der Waals surface area contributed by atoms with Gasteiger partial charge >= 0.3 is 5.76 Å². The standard InChI is InChI=1S/C10H8FNO2/c1-2-8-7-4-3-6(11)5-9(7)14-10(13)12-8/h3-5H,2H2,1H3. The lowest BCUT2D eigenvalue weighted by Crippen LogP contribution is -2.07. The first-order valence-corrected chi connectivity index (χ1v) is 4.30. The van der Waals surface area contributed by atoms with E-state index in [-0.39, 0.29) is 5.58 Å². The van der Waals surface area contributed by atoms with Crippen molar-refractivity contribution in [2.24, 2.45) is 0 Å². The molecule has 1 aromatic heterocycles. The highest BCUT2D eigenvalue weighted by Crippen LogP contribution is 2.16. The first-order valence-electron chi connectivity index (χ1n) is 4.30. The van der Waals surface area contributed by atoms with Crippen molar-refractivity contribution in [1.82, 2.24) is 4.98 Å². The third-order valence-corrected chi connectivity index (χ3v) is 2.01. The van der Waals surface area contributed by atoms with Crippen LogP contribution in [0.3, 0.4) is 0 Å². The highest BCUT2D eigenvalue weighted by Gasteiger charge is 2.05. The molecule has 0 atom stereocenters. The number of fused-ring (bicyclic) bond motifs is 1. The summed E-state index contributed by atoms with van der Waals surface area (Å²) in [6.45, 7) is 1.88. The molecule has 4 heteroatoms. The second-order valence-corrected chi connectivity index (χ2v) is 2.92. The van der Waals surface area contributed by atoms with Gasteiger partial charge in [0, 0.05) is 11.5 Å². The van der Waals surface area contributed by atoms with Gasteiger partial charge in [0.1, 0.15) is 11.4 Å². The van der Waals surface area contributed by atoms with Crippen LogP contribution in [0.4, 0.5) is 4.39 Å². The maximum absolute atomic E-state index is 12.8. The molecule has 1 aromatic carbocycles. The fourth-order valence-electron chi connectivity index (χ4n) is 1.38. The van der Waals surface area contributed by atoms with Crippen molar-refractivity contribution in [3.05, 3.63) is 40.3 Å². The highest BCUT2D eigenvalue weighted by molar-refractivity contribution is 5.78. The van der Waals surface area contributed by atoms with Gasteiger partial charge in [-0.25, -0.2) is 9.18 Å². The van der Waals surface area contributed by atoms with Crippen LogP contribution in [-0.4, -0.2) is 4.98 Å². The van der Waals surface area contributed by atoms with E-state index in [1.807, 2.05) is 6.92 Å². The number of rotatable bonds is 1. The molecule has 0 spiro atoms. The Morgan fingerprint density at radius 2 is 2.29 bits per heavy atom. The van der Waals surface area contributed by atoms with Crippen molar-refractivity contribution in [3.8, 4) is 0 Å². The number of hydrogen-bond donors (Lipinski definition) is 0. The summed E-state index contributed by atoms with van der Waals surface area (Å²) in [6, 6.07) is 4.08. The zero-order valence-electron chi connectivity index (χ0n) is 7.58. The Balaban J connectivity index is 2.87. The minimum atomic E-state index is -0.681. The summed E-state index contributed by atoms with van der Waals surface area (Å²) in [4.78, 5) is 14.7. The van der Waals surface area contributed by atoms with Crippen molar-refractivity contribution < 1.29 is 8.81 Å². The second kappa shape index (κ2) is 3.21. The molecule has 2 aromatic rings. The summed E-state index contributed by atoms with van der Waals surface area (Å²) in [7, 11) is 0. The molecule has 14 heavy (non-hydrogen) atoms. The average molecular weight is 193 g/mol. The molecular formula is C10H8FNO2. The van der Waals surface area contributed by atoms with Crippen LogP contribution in [0.2, 0.25) is 0 Å². The van der Waals surface area contributed by atoms with Crippen LogP contribution in [-0.2, 0) is 6.42 Å². The van der Waals surface area contributed by atoms with E-state index >= 15 is 0 Å². The Morgan fingerprint density at radius 1 is 1.50 bits per heavy atom. The van der Waals surface area contributed by atoms with E-state index in [0.717, 1.165) is 0 Å². The minimum absolute atomic E-state index is 0.252. The molecular weight excluding hydrogens is 185 g/mol. The van der Waals surface area contributed by atoms with Gasteiger partial charge in [0.05, 0.1) is 5.69 Å². The van der Waals surface area contributed by atoms with Gasteiger partial charge in [-0.15, -0.1) is 0 Å². The fourth-order valence-corrected chi connectivity index (χ4v) is 1.38. The molecule has 1 heterocycles. The van der Waals surface area contributed by atoms with E-state index in [2.05, 4.69) is 4.98 Å². The van der Waals surface area contributed by atoms with E-state index in [4.69, 9.17) is 4.42 Å². The zero-order chi connectivity index (χ0) is 10.1. The van der Waals surface area contributed by atoms with Crippen LogP contribution >= 0.6 is 0 Å². The van der Waals surface area contributed by atoms with Crippen molar-refractivity contribution in [2.75, 3.05) is 0 Å². The van der Waals surface area contributed by atoms with Gasteiger partial charge < -0.3 is 4.42 Å². The molecule has 0 saturated carbocycles. The summed E-state index contributed by atoms with van der Waals surface area (Å²) in [6.07, 6.45) is 0.619. The molecule has 0 fully saturated rings. The lowest BCUT2D eigenvalue weighted by atomic mass is 10.1. The van der Waals surface area contributed by atoms with Crippen molar-refractivity contribution in [1.29, 1.82) is 0 Å². The number of benzene rings is 1. The Morgan fingerprint density at radius 3 is 3.00 bits per heavy atom. The molecule has 0 aliphatic heterocycles. The van der Waals surface area contributed by atoms with Gasteiger partial charge in [-0.05, 0) is 18.6 Å². The molecule has 0 amide bonds. The molecule has 0 bridgehead atoms. The van der Waals surface area contributed by atoms with E-state index in [0.29, 0.717) is 17.5 Å². The molecule has 2 rings (SSSR count). The molecule has 72 valence electrons. The lowest BCUT2D eigenvalue weighted by Gasteiger charge is -2.00. The monoisotopic (exact) mass is 193 g/mol. The Labute approximate surface area is 79.2 Å². The van der Waals surface area contributed by atoms with Crippen LogP contribution in [0.1, 0.15) is 12.6 Å². The van der Waals surface area contributed by atoms with Crippen LogP contribution in [0.5, 0.6) is 0 Å². The molecule has 0 N–H and O–H groups in total. The summed E-state index contributed by atoms with van der Waals surface area (Å²) in [5, 5.41) is 0.688. The zero-order valence-corrected chi connectivity index (χ0v) is 7.58. The molecule has 0 radical (unpaired) electrons. The van der Waals surface area contributed by atoms with Crippen LogP contribution in [0.15, 0.2) is 27.4 Å². The number of nitrogens with zero attached hydrogens (tertiary/aromatic N) is 1. The smallest absolute Gasteiger partial charge is 0.408 e. The SMILES string of the molecule is CCc1nc(=O)oc2cc(F)ccc12. The first kappa shape index (κ1) is 8.87. The fraction of sp³-hybridized carbons (Fsp3) is 0.200.